The third-order valence-corrected chi connectivity index (χ3v) is 2.85. The lowest BCUT2D eigenvalue weighted by molar-refractivity contribution is -0.389. The van der Waals surface area contributed by atoms with Crippen molar-refractivity contribution in [1.29, 1.82) is 0 Å². The average Bonchev–Trinajstić information content (AvgIpc) is 2.17. The second-order valence-corrected chi connectivity index (χ2v) is 3.89. The molecule has 0 aromatic heterocycles. The minimum absolute atomic E-state index is 0.132. The zero-order valence-corrected chi connectivity index (χ0v) is 9.27. The lowest BCUT2D eigenvalue weighted by Gasteiger charge is -2.37. The van der Waals surface area contributed by atoms with Crippen LogP contribution in [0.3, 0.4) is 0 Å². The van der Waals surface area contributed by atoms with Crippen molar-refractivity contribution in [3.05, 3.63) is 24.8 Å². The largest absolute Gasteiger partial charge is 0.233 e. The fourth-order valence-corrected chi connectivity index (χ4v) is 2.03. The highest BCUT2D eigenvalue weighted by atomic mass is 17.2. The zero-order valence-electron chi connectivity index (χ0n) is 9.27. The van der Waals surface area contributed by atoms with Gasteiger partial charge in [-0.1, -0.05) is 18.2 Å². The first-order valence-electron chi connectivity index (χ1n) is 5.26. The van der Waals surface area contributed by atoms with Gasteiger partial charge in [0.1, 0.15) is 0 Å². The van der Waals surface area contributed by atoms with Gasteiger partial charge in [0.15, 0.2) is 0 Å². The summed E-state index contributed by atoms with van der Waals surface area (Å²) in [5.74, 6) is 0.911. The molecule has 0 aromatic rings. The van der Waals surface area contributed by atoms with Gasteiger partial charge in [-0.3, -0.25) is 0 Å². The quantitative estimate of drug-likeness (QED) is 0.510. The van der Waals surface area contributed by atoms with Crippen LogP contribution in [-0.2, 0) is 9.78 Å². The van der Waals surface area contributed by atoms with Crippen LogP contribution < -0.4 is 0 Å². The topological polar surface area (TPSA) is 18.5 Å². The highest BCUT2D eigenvalue weighted by Crippen LogP contribution is 2.32. The van der Waals surface area contributed by atoms with E-state index in [1.54, 1.807) is 0 Å². The molecule has 1 heterocycles. The number of rotatable bonds is 3. The molecule has 0 saturated carbocycles. The van der Waals surface area contributed by atoms with Crippen LogP contribution in [0.2, 0.25) is 0 Å². The standard InChI is InChI=1S/C12H20O2/c1-5-7-11-9(3)13-14-10(4)12(11)8-6-2/h5-6,8-12H,1,7H2,2-4H3/b8-6+/t9-,10+,11-,12?/m0/s1. The Hall–Kier alpha value is -0.600. The predicted octanol–water partition coefficient (Wildman–Crippen LogP) is 3.11. The molecule has 1 fully saturated rings. The lowest BCUT2D eigenvalue weighted by Crippen LogP contribution is -2.40. The van der Waals surface area contributed by atoms with Crippen LogP contribution in [0.5, 0.6) is 0 Å². The van der Waals surface area contributed by atoms with E-state index < -0.39 is 0 Å². The number of hydrogen-bond acceptors (Lipinski definition) is 2. The molecular weight excluding hydrogens is 176 g/mol. The van der Waals surface area contributed by atoms with E-state index >= 15 is 0 Å². The maximum Gasteiger partial charge on any atom is 0.0968 e. The highest BCUT2D eigenvalue weighted by Gasteiger charge is 2.35. The van der Waals surface area contributed by atoms with E-state index in [-0.39, 0.29) is 12.2 Å². The van der Waals surface area contributed by atoms with Crippen LogP contribution >= 0.6 is 0 Å². The first kappa shape index (κ1) is 11.5. The third-order valence-electron chi connectivity index (χ3n) is 2.85. The second kappa shape index (κ2) is 5.32. The molecule has 2 nitrogen and oxygen atoms in total. The Morgan fingerprint density at radius 3 is 2.43 bits per heavy atom. The van der Waals surface area contributed by atoms with Gasteiger partial charge in [0.2, 0.25) is 0 Å². The monoisotopic (exact) mass is 196 g/mol. The van der Waals surface area contributed by atoms with Gasteiger partial charge in [-0.15, -0.1) is 6.58 Å². The van der Waals surface area contributed by atoms with E-state index in [0.717, 1.165) is 6.42 Å². The molecule has 1 unspecified atom stereocenters. The molecule has 80 valence electrons. The zero-order chi connectivity index (χ0) is 10.6. The average molecular weight is 196 g/mol. The van der Waals surface area contributed by atoms with E-state index in [1.807, 2.05) is 19.9 Å². The fraction of sp³-hybridized carbons (Fsp3) is 0.667. The summed E-state index contributed by atoms with van der Waals surface area (Å²) in [6, 6.07) is 0. The molecule has 1 aliphatic rings. The Bertz CT molecular complexity index is 210. The Balaban J connectivity index is 2.74. The molecule has 1 aliphatic heterocycles. The van der Waals surface area contributed by atoms with E-state index in [9.17, 15) is 0 Å². The summed E-state index contributed by atoms with van der Waals surface area (Å²) in [4.78, 5) is 10.5. The molecule has 0 spiro atoms. The van der Waals surface area contributed by atoms with Crippen molar-refractivity contribution < 1.29 is 9.78 Å². The van der Waals surface area contributed by atoms with Gasteiger partial charge in [0.25, 0.3) is 0 Å². The summed E-state index contributed by atoms with van der Waals surface area (Å²) in [5.41, 5.74) is 0. The molecule has 2 heteroatoms. The van der Waals surface area contributed by atoms with Crippen molar-refractivity contribution in [2.45, 2.75) is 39.4 Å². The van der Waals surface area contributed by atoms with Gasteiger partial charge in [0.05, 0.1) is 12.2 Å². The molecule has 4 atom stereocenters. The Morgan fingerprint density at radius 2 is 1.86 bits per heavy atom. The molecule has 0 amide bonds. The third kappa shape index (κ3) is 2.46. The van der Waals surface area contributed by atoms with Gasteiger partial charge in [-0.25, -0.2) is 9.78 Å². The van der Waals surface area contributed by atoms with Crippen molar-refractivity contribution in [2.24, 2.45) is 11.8 Å². The van der Waals surface area contributed by atoms with Crippen molar-refractivity contribution in [2.75, 3.05) is 0 Å². The molecule has 0 radical (unpaired) electrons. The van der Waals surface area contributed by atoms with E-state index in [4.69, 9.17) is 9.78 Å². The summed E-state index contributed by atoms with van der Waals surface area (Å²) in [5, 5.41) is 0. The summed E-state index contributed by atoms with van der Waals surface area (Å²) in [6.45, 7) is 9.93. The molecular formula is C12H20O2. The SMILES string of the molecule is C=CC[C@@H]1C(/C=C/C)[C@@H](C)OO[C@H]1C. The highest BCUT2D eigenvalue weighted by molar-refractivity contribution is 4.97. The summed E-state index contributed by atoms with van der Waals surface area (Å²) >= 11 is 0. The first-order valence-corrected chi connectivity index (χ1v) is 5.26. The molecule has 14 heavy (non-hydrogen) atoms. The Labute approximate surface area is 86.5 Å². The van der Waals surface area contributed by atoms with Gasteiger partial charge in [-0.2, -0.15) is 0 Å². The first-order chi connectivity index (χ1) is 6.70. The van der Waals surface area contributed by atoms with Crippen LogP contribution in [0.4, 0.5) is 0 Å². The molecule has 0 bridgehead atoms. The van der Waals surface area contributed by atoms with Crippen LogP contribution in [-0.4, -0.2) is 12.2 Å². The molecule has 1 saturated heterocycles. The fourth-order valence-electron chi connectivity index (χ4n) is 2.03. The van der Waals surface area contributed by atoms with Gasteiger partial charge < -0.3 is 0 Å². The smallest absolute Gasteiger partial charge is 0.0968 e. The summed E-state index contributed by atoms with van der Waals surface area (Å²) < 4.78 is 0. The Kier molecular flexibility index (Phi) is 4.36. The lowest BCUT2D eigenvalue weighted by atomic mass is 9.81. The van der Waals surface area contributed by atoms with Crippen molar-refractivity contribution in [3.63, 3.8) is 0 Å². The maximum atomic E-state index is 5.25. The molecule has 0 aliphatic carbocycles. The summed E-state index contributed by atoms with van der Waals surface area (Å²) in [6.07, 6.45) is 7.50. The number of allylic oxidation sites excluding steroid dienone is 2. The minimum Gasteiger partial charge on any atom is -0.233 e. The van der Waals surface area contributed by atoms with Crippen molar-refractivity contribution >= 4 is 0 Å². The van der Waals surface area contributed by atoms with Crippen LogP contribution in [0, 0.1) is 11.8 Å². The normalized spacial score (nSPS) is 38.8. The predicted molar refractivity (Wildman–Crippen MR) is 57.7 cm³/mol. The van der Waals surface area contributed by atoms with Crippen LogP contribution in [0.1, 0.15) is 27.2 Å². The molecule has 0 aromatic carbocycles. The molecule has 0 N–H and O–H groups in total. The van der Waals surface area contributed by atoms with E-state index in [1.165, 1.54) is 0 Å². The van der Waals surface area contributed by atoms with Crippen LogP contribution in [0.25, 0.3) is 0 Å². The van der Waals surface area contributed by atoms with Gasteiger partial charge in [0, 0.05) is 11.8 Å². The van der Waals surface area contributed by atoms with Crippen molar-refractivity contribution in [3.8, 4) is 0 Å². The van der Waals surface area contributed by atoms with Gasteiger partial charge in [-0.05, 0) is 27.2 Å². The Morgan fingerprint density at radius 1 is 1.21 bits per heavy atom. The van der Waals surface area contributed by atoms with E-state index in [0.29, 0.717) is 11.8 Å². The maximum absolute atomic E-state index is 5.25. The summed E-state index contributed by atoms with van der Waals surface area (Å²) in [7, 11) is 0. The molecule has 1 rings (SSSR count). The minimum atomic E-state index is 0.132. The van der Waals surface area contributed by atoms with E-state index in [2.05, 4.69) is 25.7 Å². The van der Waals surface area contributed by atoms with Gasteiger partial charge >= 0.3 is 0 Å². The second-order valence-electron chi connectivity index (χ2n) is 3.89. The number of hydrogen-bond donors (Lipinski definition) is 0. The van der Waals surface area contributed by atoms with Crippen molar-refractivity contribution in [1.82, 2.24) is 0 Å². The van der Waals surface area contributed by atoms with Crippen LogP contribution in [0.15, 0.2) is 24.8 Å².